The van der Waals surface area contributed by atoms with Crippen molar-refractivity contribution in [3.63, 3.8) is 0 Å². The van der Waals surface area contributed by atoms with Crippen LogP contribution in [0.1, 0.15) is 33.6 Å². The fraction of sp³-hybridized carbons (Fsp3) is 0.714. The zero-order valence-electron chi connectivity index (χ0n) is 11.2. The molecule has 2 saturated carbocycles. The van der Waals surface area contributed by atoms with Crippen molar-refractivity contribution in [3.05, 3.63) is 16.8 Å². The molecule has 0 unspecified atom stereocenters. The topological polar surface area (TPSA) is 18.5 Å². The number of fused-ring (bicyclic) bond motifs is 3. The first-order chi connectivity index (χ1) is 8.53. The van der Waals surface area contributed by atoms with Crippen LogP contribution in [0.15, 0.2) is 16.8 Å². The van der Waals surface area contributed by atoms with E-state index < -0.39 is 0 Å². The summed E-state index contributed by atoms with van der Waals surface area (Å²) in [6, 6.07) is 2.12. The summed E-state index contributed by atoms with van der Waals surface area (Å²) in [6.07, 6.45) is 2.74. The normalized spacial score (nSPS) is 44.6. The van der Waals surface area contributed by atoms with Crippen LogP contribution < -0.4 is 5.46 Å². The van der Waals surface area contributed by atoms with Crippen LogP contribution in [0.2, 0.25) is 0 Å². The lowest BCUT2D eigenvalue weighted by molar-refractivity contribution is 0.000212. The highest BCUT2D eigenvalue weighted by Gasteiger charge is 2.72. The molecule has 4 atom stereocenters. The van der Waals surface area contributed by atoms with Crippen molar-refractivity contribution >= 4 is 23.9 Å². The molecule has 0 spiro atoms. The Bertz CT molecular complexity index is 472. The largest absolute Gasteiger partial charge is 0.495 e. The number of thiophene rings is 1. The summed E-state index contributed by atoms with van der Waals surface area (Å²) < 4.78 is 12.6. The summed E-state index contributed by atoms with van der Waals surface area (Å²) >= 11 is 1.71. The minimum Gasteiger partial charge on any atom is -0.401 e. The van der Waals surface area contributed by atoms with E-state index in [1.807, 2.05) is 0 Å². The van der Waals surface area contributed by atoms with Gasteiger partial charge in [-0.2, -0.15) is 11.3 Å². The summed E-state index contributed by atoms with van der Waals surface area (Å²) in [6.45, 7) is 7.05. The van der Waals surface area contributed by atoms with Gasteiger partial charge in [-0.1, -0.05) is 19.9 Å². The highest BCUT2D eigenvalue weighted by molar-refractivity contribution is 7.09. The van der Waals surface area contributed by atoms with Crippen LogP contribution in [0.5, 0.6) is 0 Å². The third kappa shape index (κ3) is 1.32. The second-order valence-electron chi connectivity index (χ2n) is 6.80. The van der Waals surface area contributed by atoms with Crippen LogP contribution >= 0.6 is 11.3 Å². The molecule has 1 aliphatic heterocycles. The van der Waals surface area contributed by atoms with Gasteiger partial charge in [-0.3, -0.25) is 0 Å². The lowest BCUT2D eigenvalue weighted by Crippen LogP contribution is -2.43. The molecular formula is C14H19BO2S. The van der Waals surface area contributed by atoms with Gasteiger partial charge in [0, 0.05) is 0 Å². The molecule has 96 valence electrons. The highest BCUT2D eigenvalue weighted by atomic mass is 32.1. The molecule has 18 heavy (non-hydrogen) atoms. The maximum atomic E-state index is 6.37. The summed E-state index contributed by atoms with van der Waals surface area (Å²) in [5, 5.41) is 4.23. The Balaban J connectivity index is 1.64. The fourth-order valence-electron chi connectivity index (χ4n) is 4.55. The molecular weight excluding hydrogens is 243 g/mol. The quantitative estimate of drug-likeness (QED) is 0.724. The molecule has 2 aliphatic carbocycles. The molecule has 1 saturated heterocycles. The monoisotopic (exact) mass is 262 g/mol. The van der Waals surface area contributed by atoms with Gasteiger partial charge in [0.25, 0.3) is 0 Å². The Labute approximate surface area is 113 Å². The summed E-state index contributed by atoms with van der Waals surface area (Å²) in [5.74, 6) is 1.51. The zero-order valence-corrected chi connectivity index (χ0v) is 12.0. The molecule has 0 aromatic carbocycles. The molecule has 2 heterocycles. The molecule has 1 aromatic rings. The van der Waals surface area contributed by atoms with Crippen LogP contribution in [0.4, 0.5) is 0 Å². The standard InChI is InChI=1S/C14H19BO2S/c1-13(2)10-4-5-11-14(3,12(10)13)17-15(16-11)9-6-7-18-8-9/h6-8,10-12H,4-5H2,1-3H3/t10-,11-,12-,14+/m0/s1. The first-order valence-electron chi connectivity index (χ1n) is 6.89. The lowest BCUT2D eigenvalue weighted by atomic mass is 9.81. The number of rotatable bonds is 1. The van der Waals surface area contributed by atoms with E-state index in [9.17, 15) is 0 Å². The lowest BCUT2D eigenvalue weighted by Gasteiger charge is -2.34. The molecule has 4 rings (SSSR count). The van der Waals surface area contributed by atoms with E-state index in [0.717, 1.165) is 12.3 Å². The van der Waals surface area contributed by atoms with E-state index in [1.165, 1.54) is 11.9 Å². The maximum absolute atomic E-state index is 6.37. The summed E-state index contributed by atoms with van der Waals surface area (Å²) in [4.78, 5) is 0. The van der Waals surface area contributed by atoms with Crippen LogP contribution in [0.25, 0.3) is 0 Å². The van der Waals surface area contributed by atoms with Crippen LogP contribution in [0.3, 0.4) is 0 Å². The first-order valence-corrected chi connectivity index (χ1v) is 7.83. The van der Waals surface area contributed by atoms with Gasteiger partial charge >= 0.3 is 7.12 Å². The van der Waals surface area contributed by atoms with Crippen molar-refractivity contribution in [2.75, 3.05) is 0 Å². The molecule has 3 aliphatic rings. The van der Waals surface area contributed by atoms with Gasteiger partial charge in [0.15, 0.2) is 0 Å². The van der Waals surface area contributed by atoms with Gasteiger partial charge in [0.1, 0.15) is 0 Å². The Hall–Kier alpha value is -0.315. The van der Waals surface area contributed by atoms with Gasteiger partial charge in [-0.05, 0) is 53.2 Å². The van der Waals surface area contributed by atoms with Gasteiger partial charge in [0.05, 0.1) is 11.7 Å². The minimum atomic E-state index is -0.138. The van der Waals surface area contributed by atoms with Crippen LogP contribution in [-0.4, -0.2) is 18.8 Å². The van der Waals surface area contributed by atoms with E-state index >= 15 is 0 Å². The molecule has 0 radical (unpaired) electrons. The van der Waals surface area contributed by atoms with Gasteiger partial charge < -0.3 is 9.31 Å². The Kier molecular flexibility index (Phi) is 2.18. The van der Waals surface area contributed by atoms with E-state index in [1.54, 1.807) is 11.3 Å². The summed E-state index contributed by atoms with van der Waals surface area (Å²) in [7, 11) is -0.138. The molecule has 0 amide bonds. The van der Waals surface area contributed by atoms with Crippen molar-refractivity contribution in [2.24, 2.45) is 17.3 Å². The Morgan fingerprint density at radius 2 is 2.17 bits per heavy atom. The molecule has 3 fully saturated rings. The second-order valence-corrected chi connectivity index (χ2v) is 7.58. The molecule has 0 N–H and O–H groups in total. The third-order valence-corrected chi connectivity index (χ3v) is 6.21. The number of hydrogen-bond donors (Lipinski definition) is 0. The summed E-state index contributed by atoms with van der Waals surface area (Å²) in [5.41, 5.74) is 1.56. The Morgan fingerprint density at radius 3 is 2.89 bits per heavy atom. The van der Waals surface area contributed by atoms with Gasteiger partial charge in [0.2, 0.25) is 0 Å². The fourth-order valence-corrected chi connectivity index (χ4v) is 5.22. The molecule has 2 nitrogen and oxygen atoms in total. The van der Waals surface area contributed by atoms with E-state index in [0.29, 0.717) is 11.3 Å². The minimum absolute atomic E-state index is 0.0704. The van der Waals surface area contributed by atoms with E-state index in [-0.39, 0.29) is 18.8 Å². The smallest absolute Gasteiger partial charge is 0.401 e. The predicted molar refractivity (Wildman–Crippen MR) is 74.1 cm³/mol. The number of hydrogen-bond acceptors (Lipinski definition) is 3. The second kappa shape index (κ2) is 3.41. The zero-order chi connectivity index (χ0) is 12.5. The van der Waals surface area contributed by atoms with Crippen molar-refractivity contribution < 1.29 is 9.31 Å². The van der Waals surface area contributed by atoms with Crippen LogP contribution in [-0.2, 0) is 9.31 Å². The van der Waals surface area contributed by atoms with Gasteiger partial charge in [-0.25, -0.2) is 0 Å². The highest BCUT2D eigenvalue weighted by Crippen LogP contribution is 2.70. The maximum Gasteiger partial charge on any atom is 0.495 e. The van der Waals surface area contributed by atoms with Crippen molar-refractivity contribution in [1.82, 2.24) is 0 Å². The molecule has 0 bridgehead atoms. The SMILES string of the molecule is CC1(C)[C@H]2CC[C@@H]3OB(c4ccsc4)O[C@@]3(C)[C@@H]21. The van der Waals surface area contributed by atoms with Gasteiger partial charge in [-0.15, -0.1) is 0 Å². The first kappa shape index (κ1) is 11.5. The van der Waals surface area contributed by atoms with Crippen molar-refractivity contribution in [3.8, 4) is 0 Å². The average Bonchev–Trinajstić information content (AvgIpc) is 2.77. The third-order valence-electron chi connectivity index (χ3n) is 5.51. The average molecular weight is 262 g/mol. The van der Waals surface area contributed by atoms with Crippen LogP contribution in [0, 0.1) is 17.3 Å². The molecule has 1 aromatic heterocycles. The van der Waals surface area contributed by atoms with E-state index in [4.69, 9.17) is 9.31 Å². The van der Waals surface area contributed by atoms with Crippen molar-refractivity contribution in [1.29, 1.82) is 0 Å². The Morgan fingerprint density at radius 1 is 1.33 bits per heavy atom. The molecule has 4 heteroatoms. The van der Waals surface area contributed by atoms with Crippen molar-refractivity contribution in [2.45, 2.75) is 45.3 Å². The predicted octanol–water partition coefficient (Wildman–Crippen LogP) is 2.68. The van der Waals surface area contributed by atoms with E-state index in [2.05, 4.69) is 37.6 Å².